The Labute approximate surface area is 124 Å². The number of aromatic nitrogens is 2. The Balaban J connectivity index is 2.27. The molecular formula is C12H9Cl2IN2. The van der Waals surface area contributed by atoms with Crippen LogP contribution >= 0.6 is 45.8 Å². The van der Waals surface area contributed by atoms with Crippen LogP contribution in [0.2, 0.25) is 10.2 Å². The molecule has 0 aliphatic carbocycles. The third-order valence-corrected chi connectivity index (χ3v) is 4.43. The second-order valence-electron chi connectivity index (χ2n) is 3.63. The van der Waals surface area contributed by atoms with Crippen molar-refractivity contribution < 1.29 is 0 Å². The van der Waals surface area contributed by atoms with Crippen molar-refractivity contribution in [2.75, 3.05) is 0 Å². The monoisotopic (exact) mass is 378 g/mol. The van der Waals surface area contributed by atoms with Crippen LogP contribution in [0.1, 0.15) is 17.1 Å². The van der Waals surface area contributed by atoms with Gasteiger partial charge in [0.05, 0.1) is 9.26 Å². The Morgan fingerprint density at radius 2 is 1.76 bits per heavy atom. The lowest BCUT2D eigenvalue weighted by Crippen LogP contribution is -2.01. The normalized spacial score (nSPS) is 10.6. The molecule has 1 aromatic heterocycles. The average Bonchev–Trinajstić information content (AvgIpc) is 2.29. The molecule has 17 heavy (non-hydrogen) atoms. The highest BCUT2D eigenvalue weighted by molar-refractivity contribution is 14.1. The fourth-order valence-electron chi connectivity index (χ4n) is 1.44. The van der Waals surface area contributed by atoms with Crippen molar-refractivity contribution in [2.24, 2.45) is 0 Å². The fraction of sp³-hybridized carbons (Fsp3) is 0.167. The molecule has 0 saturated carbocycles. The number of halogens is 3. The zero-order valence-electron chi connectivity index (χ0n) is 9.04. The molecule has 0 aliphatic heterocycles. The van der Waals surface area contributed by atoms with Crippen molar-refractivity contribution in [3.63, 3.8) is 0 Å². The first-order valence-electron chi connectivity index (χ1n) is 4.99. The Kier molecular flexibility index (Phi) is 4.22. The van der Waals surface area contributed by atoms with Gasteiger partial charge in [-0.1, -0.05) is 35.3 Å². The third-order valence-electron chi connectivity index (χ3n) is 2.30. The van der Waals surface area contributed by atoms with Crippen LogP contribution in [-0.2, 0) is 6.42 Å². The minimum atomic E-state index is 0.516. The molecule has 5 heteroatoms. The molecule has 0 spiro atoms. The molecule has 0 amide bonds. The number of benzene rings is 1. The Hall–Kier alpha value is -0.390. The van der Waals surface area contributed by atoms with Crippen molar-refractivity contribution >= 4 is 45.8 Å². The Morgan fingerprint density at radius 3 is 2.35 bits per heavy atom. The topological polar surface area (TPSA) is 25.8 Å². The second-order valence-corrected chi connectivity index (χ2v) is 5.51. The minimum Gasteiger partial charge on any atom is -0.237 e. The summed E-state index contributed by atoms with van der Waals surface area (Å²) in [6, 6.07) is 7.65. The maximum absolute atomic E-state index is 6.03. The van der Waals surface area contributed by atoms with Crippen LogP contribution in [0, 0.1) is 10.5 Å². The molecule has 88 valence electrons. The molecule has 0 atom stereocenters. The van der Waals surface area contributed by atoms with Crippen molar-refractivity contribution in [3.05, 3.63) is 55.1 Å². The summed E-state index contributed by atoms with van der Waals surface area (Å²) >= 11 is 14.0. The van der Waals surface area contributed by atoms with E-state index in [1.807, 2.05) is 31.2 Å². The zero-order chi connectivity index (χ0) is 12.4. The molecule has 0 fully saturated rings. The van der Waals surface area contributed by atoms with Gasteiger partial charge in [-0.05, 0) is 47.2 Å². The molecule has 0 radical (unpaired) electrons. The molecule has 2 nitrogen and oxygen atoms in total. The van der Waals surface area contributed by atoms with Crippen LogP contribution in [0.25, 0.3) is 0 Å². The average molecular weight is 379 g/mol. The molecular weight excluding hydrogens is 370 g/mol. The summed E-state index contributed by atoms with van der Waals surface area (Å²) in [6.45, 7) is 1.93. The lowest BCUT2D eigenvalue weighted by Gasteiger charge is -2.05. The van der Waals surface area contributed by atoms with Crippen molar-refractivity contribution in [1.82, 2.24) is 9.97 Å². The van der Waals surface area contributed by atoms with Gasteiger partial charge in [-0.15, -0.1) is 0 Å². The van der Waals surface area contributed by atoms with E-state index in [4.69, 9.17) is 23.2 Å². The maximum atomic E-state index is 6.03. The largest absolute Gasteiger partial charge is 0.237 e. The van der Waals surface area contributed by atoms with E-state index in [2.05, 4.69) is 32.6 Å². The number of aryl methyl sites for hydroxylation is 1. The highest BCUT2D eigenvalue weighted by Gasteiger charge is 2.07. The summed E-state index contributed by atoms with van der Waals surface area (Å²) in [7, 11) is 0. The summed E-state index contributed by atoms with van der Waals surface area (Å²) in [5.74, 6) is 0.732. The molecule has 1 heterocycles. The van der Waals surface area contributed by atoms with Gasteiger partial charge in [0.15, 0.2) is 0 Å². The van der Waals surface area contributed by atoms with Crippen LogP contribution in [0.5, 0.6) is 0 Å². The summed E-state index contributed by atoms with van der Waals surface area (Å²) in [5, 5.41) is 1.24. The predicted molar refractivity (Wildman–Crippen MR) is 78.8 cm³/mol. The molecule has 2 aromatic rings. The first-order valence-corrected chi connectivity index (χ1v) is 6.82. The molecule has 2 rings (SSSR count). The van der Waals surface area contributed by atoms with E-state index in [0.29, 0.717) is 11.6 Å². The third kappa shape index (κ3) is 3.30. The van der Waals surface area contributed by atoms with Gasteiger partial charge in [-0.3, -0.25) is 0 Å². The lowest BCUT2D eigenvalue weighted by molar-refractivity contribution is 0.933. The number of rotatable bonds is 2. The van der Waals surface area contributed by atoms with Crippen LogP contribution in [0.3, 0.4) is 0 Å². The van der Waals surface area contributed by atoms with E-state index in [9.17, 15) is 0 Å². The lowest BCUT2D eigenvalue weighted by atomic mass is 10.1. The summed E-state index contributed by atoms with van der Waals surface area (Å²) in [6.07, 6.45) is 0.661. The second kappa shape index (κ2) is 5.50. The standard InChI is InChI=1S/C12H9Cl2IN2/c1-7-11(15)12(14)17-10(16-7)6-8-2-4-9(13)5-3-8/h2-5H,6H2,1H3. The van der Waals surface area contributed by atoms with E-state index in [0.717, 1.165) is 25.7 Å². The van der Waals surface area contributed by atoms with E-state index in [1.54, 1.807) is 0 Å². The quantitative estimate of drug-likeness (QED) is 0.575. The van der Waals surface area contributed by atoms with Gasteiger partial charge in [-0.25, -0.2) is 9.97 Å². The van der Waals surface area contributed by atoms with E-state index < -0.39 is 0 Å². The van der Waals surface area contributed by atoms with Gasteiger partial charge in [0.2, 0.25) is 0 Å². The molecule has 1 aromatic carbocycles. The van der Waals surface area contributed by atoms with Crippen molar-refractivity contribution in [2.45, 2.75) is 13.3 Å². The molecule has 0 bridgehead atoms. The minimum absolute atomic E-state index is 0.516. The number of nitrogens with zero attached hydrogens (tertiary/aromatic N) is 2. The molecule has 0 aliphatic rings. The van der Waals surface area contributed by atoms with E-state index >= 15 is 0 Å². The Morgan fingerprint density at radius 1 is 1.12 bits per heavy atom. The molecule has 0 saturated heterocycles. The van der Waals surface area contributed by atoms with Gasteiger partial charge < -0.3 is 0 Å². The van der Waals surface area contributed by atoms with E-state index in [1.165, 1.54) is 0 Å². The van der Waals surface area contributed by atoms with Gasteiger partial charge in [0, 0.05) is 11.4 Å². The SMILES string of the molecule is Cc1nc(Cc2ccc(Cl)cc2)nc(Cl)c1I. The summed E-state index contributed by atoms with van der Waals surface area (Å²) in [4.78, 5) is 8.68. The fourth-order valence-corrected chi connectivity index (χ4v) is 2.04. The maximum Gasteiger partial charge on any atom is 0.146 e. The smallest absolute Gasteiger partial charge is 0.146 e. The van der Waals surface area contributed by atoms with Crippen molar-refractivity contribution in [1.29, 1.82) is 0 Å². The summed E-state index contributed by atoms with van der Waals surface area (Å²) < 4.78 is 0.907. The number of hydrogen-bond donors (Lipinski definition) is 0. The van der Waals surface area contributed by atoms with E-state index in [-0.39, 0.29) is 0 Å². The Bertz CT molecular complexity index is 518. The highest BCUT2D eigenvalue weighted by atomic mass is 127. The van der Waals surface area contributed by atoms with Gasteiger partial charge in [0.1, 0.15) is 11.0 Å². The van der Waals surface area contributed by atoms with Crippen LogP contribution in [0.4, 0.5) is 0 Å². The summed E-state index contributed by atoms with van der Waals surface area (Å²) in [5.41, 5.74) is 2.03. The first-order chi connectivity index (χ1) is 8.06. The van der Waals surface area contributed by atoms with Gasteiger partial charge in [-0.2, -0.15) is 0 Å². The van der Waals surface area contributed by atoms with Crippen molar-refractivity contribution in [3.8, 4) is 0 Å². The van der Waals surface area contributed by atoms with Crippen LogP contribution < -0.4 is 0 Å². The predicted octanol–water partition coefficient (Wildman–Crippen LogP) is 4.29. The molecule has 0 unspecified atom stereocenters. The first kappa shape index (κ1) is 13.1. The van der Waals surface area contributed by atoms with Crippen LogP contribution in [-0.4, -0.2) is 9.97 Å². The van der Waals surface area contributed by atoms with Gasteiger partial charge in [0.25, 0.3) is 0 Å². The van der Waals surface area contributed by atoms with Gasteiger partial charge >= 0.3 is 0 Å². The highest BCUT2D eigenvalue weighted by Crippen LogP contribution is 2.19. The zero-order valence-corrected chi connectivity index (χ0v) is 12.7. The number of hydrogen-bond acceptors (Lipinski definition) is 2. The van der Waals surface area contributed by atoms with Crippen LogP contribution in [0.15, 0.2) is 24.3 Å². The molecule has 0 N–H and O–H groups in total.